The molecule has 1 heterocycles. The molecular formula is C11H22F2N2. The van der Waals surface area contributed by atoms with Gasteiger partial charge in [-0.25, -0.2) is 8.78 Å². The van der Waals surface area contributed by atoms with E-state index in [0.717, 1.165) is 39.4 Å². The number of alkyl halides is 2. The summed E-state index contributed by atoms with van der Waals surface area (Å²) in [5, 5.41) is 3.33. The molecule has 1 fully saturated rings. The van der Waals surface area contributed by atoms with Crippen LogP contribution in [0.3, 0.4) is 0 Å². The van der Waals surface area contributed by atoms with Gasteiger partial charge >= 0.3 is 0 Å². The molecule has 1 aliphatic rings. The maximum atomic E-state index is 12.8. The van der Waals surface area contributed by atoms with Crippen LogP contribution < -0.4 is 5.32 Å². The summed E-state index contributed by atoms with van der Waals surface area (Å²) in [7, 11) is 1.79. The average molecular weight is 220 g/mol. The van der Waals surface area contributed by atoms with Crippen molar-refractivity contribution in [2.24, 2.45) is 5.92 Å². The minimum atomic E-state index is -2.57. The number of hydrogen-bond donors (Lipinski definition) is 1. The highest BCUT2D eigenvalue weighted by Crippen LogP contribution is 2.17. The molecule has 0 amide bonds. The van der Waals surface area contributed by atoms with Crippen LogP contribution in [0.15, 0.2) is 0 Å². The lowest BCUT2D eigenvalue weighted by molar-refractivity contribution is -0.0113. The van der Waals surface area contributed by atoms with Gasteiger partial charge in [-0.2, -0.15) is 0 Å². The fourth-order valence-corrected chi connectivity index (χ4v) is 2.25. The molecule has 1 aliphatic heterocycles. The Bertz CT molecular complexity index is 172. The normalized spacial score (nSPS) is 24.2. The SMILES string of the molecule is CN(CC1CCCNCC1)CC(C)(F)F. The Morgan fingerprint density at radius 3 is 2.73 bits per heavy atom. The van der Waals surface area contributed by atoms with Crippen molar-refractivity contribution in [3.63, 3.8) is 0 Å². The highest BCUT2D eigenvalue weighted by atomic mass is 19.3. The number of rotatable bonds is 4. The zero-order chi connectivity index (χ0) is 11.3. The van der Waals surface area contributed by atoms with Crippen LogP contribution in [-0.4, -0.2) is 44.0 Å². The molecule has 1 rings (SSSR count). The summed E-state index contributed by atoms with van der Waals surface area (Å²) < 4.78 is 25.5. The standard InChI is InChI=1S/C11H22F2N2/c1-11(12,13)9-15(2)8-10-4-3-6-14-7-5-10/h10,14H,3-9H2,1-2H3. The van der Waals surface area contributed by atoms with E-state index in [1.165, 1.54) is 6.42 Å². The monoisotopic (exact) mass is 220 g/mol. The third-order valence-electron chi connectivity index (χ3n) is 2.81. The molecule has 4 heteroatoms. The van der Waals surface area contributed by atoms with Crippen LogP contribution in [-0.2, 0) is 0 Å². The Morgan fingerprint density at radius 2 is 2.07 bits per heavy atom. The van der Waals surface area contributed by atoms with E-state index < -0.39 is 5.92 Å². The highest BCUT2D eigenvalue weighted by molar-refractivity contribution is 4.72. The molecule has 0 aromatic rings. The second-order valence-corrected chi connectivity index (χ2v) is 4.81. The molecule has 0 aliphatic carbocycles. The van der Waals surface area contributed by atoms with Gasteiger partial charge < -0.3 is 10.2 Å². The van der Waals surface area contributed by atoms with E-state index >= 15 is 0 Å². The molecule has 1 saturated heterocycles. The number of hydrogen-bond acceptors (Lipinski definition) is 2. The molecule has 0 bridgehead atoms. The number of nitrogens with one attached hydrogen (secondary N) is 1. The first-order valence-electron chi connectivity index (χ1n) is 5.74. The fourth-order valence-electron chi connectivity index (χ4n) is 2.25. The van der Waals surface area contributed by atoms with Crippen LogP contribution in [0, 0.1) is 5.92 Å². The Morgan fingerprint density at radius 1 is 1.33 bits per heavy atom. The summed E-state index contributed by atoms with van der Waals surface area (Å²) >= 11 is 0. The predicted molar refractivity (Wildman–Crippen MR) is 58.3 cm³/mol. The van der Waals surface area contributed by atoms with Crippen LogP contribution in [0.1, 0.15) is 26.2 Å². The first kappa shape index (κ1) is 12.8. The van der Waals surface area contributed by atoms with Gasteiger partial charge in [-0.15, -0.1) is 0 Å². The number of halogens is 2. The van der Waals surface area contributed by atoms with E-state index in [-0.39, 0.29) is 6.54 Å². The van der Waals surface area contributed by atoms with Gasteiger partial charge in [-0.3, -0.25) is 0 Å². The quantitative estimate of drug-likeness (QED) is 0.779. The van der Waals surface area contributed by atoms with Gasteiger partial charge in [0, 0.05) is 13.5 Å². The van der Waals surface area contributed by atoms with Crippen molar-refractivity contribution in [3.05, 3.63) is 0 Å². The van der Waals surface area contributed by atoms with Crippen molar-refractivity contribution in [2.45, 2.75) is 32.1 Å². The molecule has 90 valence electrons. The van der Waals surface area contributed by atoms with Crippen molar-refractivity contribution in [1.29, 1.82) is 0 Å². The minimum Gasteiger partial charge on any atom is -0.317 e. The fraction of sp³-hybridized carbons (Fsp3) is 1.00. The van der Waals surface area contributed by atoms with Crippen molar-refractivity contribution in [2.75, 3.05) is 33.2 Å². The second-order valence-electron chi connectivity index (χ2n) is 4.81. The summed E-state index contributed by atoms with van der Waals surface area (Å²) in [5.41, 5.74) is 0. The van der Waals surface area contributed by atoms with E-state index in [4.69, 9.17) is 0 Å². The molecule has 2 nitrogen and oxygen atoms in total. The van der Waals surface area contributed by atoms with Gasteiger partial charge in [0.15, 0.2) is 0 Å². The Labute approximate surface area is 91.0 Å². The van der Waals surface area contributed by atoms with Crippen molar-refractivity contribution in [3.8, 4) is 0 Å². The van der Waals surface area contributed by atoms with Crippen LogP contribution in [0.4, 0.5) is 8.78 Å². The Kier molecular flexibility index (Phi) is 4.93. The topological polar surface area (TPSA) is 15.3 Å². The van der Waals surface area contributed by atoms with Crippen LogP contribution >= 0.6 is 0 Å². The van der Waals surface area contributed by atoms with Crippen molar-refractivity contribution >= 4 is 0 Å². The predicted octanol–water partition coefficient (Wildman–Crippen LogP) is 1.96. The minimum absolute atomic E-state index is 0.128. The van der Waals surface area contributed by atoms with Crippen LogP contribution in [0.5, 0.6) is 0 Å². The maximum absolute atomic E-state index is 12.8. The molecule has 0 aromatic heterocycles. The van der Waals surface area contributed by atoms with Crippen molar-refractivity contribution < 1.29 is 8.78 Å². The Balaban J connectivity index is 2.26. The summed E-state index contributed by atoms with van der Waals surface area (Å²) in [6.07, 6.45) is 3.44. The maximum Gasteiger partial charge on any atom is 0.257 e. The van der Waals surface area contributed by atoms with Gasteiger partial charge in [-0.05, 0) is 45.3 Å². The smallest absolute Gasteiger partial charge is 0.257 e. The average Bonchev–Trinajstić information content (AvgIpc) is 2.28. The molecular weight excluding hydrogens is 198 g/mol. The first-order chi connectivity index (χ1) is 6.97. The molecule has 1 atom stereocenters. The largest absolute Gasteiger partial charge is 0.317 e. The number of nitrogens with zero attached hydrogens (tertiary/aromatic N) is 1. The molecule has 1 unspecified atom stereocenters. The summed E-state index contributed by atoms with van der Waals surface area (Å²) in [6, 6.07) is 0. The highest BCUT2D eigenvalue weighted by Gasteiger charge is 2.24. The van der Waals surface area contributed by atoms with E-state index in [1.54, 1.807) is 11.9 Å². The van der Waals surface area contributed by atoms with Gasteiger partial charge in [-0.1, -0.05) is 0 Å². The molecule has 1 N–H and O–H groups in total. The van der Waals surface area contributed by atoms with Crippen LogP contribution in [0.2, 0.25) is 0 Å². The van der Waals surface area contributed by atoms with E-state index in [1.807, 2.05) is 0 Å². The second kappa shape index (κ2) is 5.75. The summed E-state index contributed by atoms with van der Waals surface area (Å²) in [6.45, 7) is 3.76. The lowest BCUT2D eigenvalue weighted by Crippen LogP contribution is -2.35. The van der Waals surface area contributed by atoms with Crippen LogP contribution in [0.25, 0.3) is 0 Å². The lowest BCUT2D eigenvalue weighted by atomic mass is 10.0. The zero-order valence-electron chi connectivity index (χ0n) is 9.73. The van der Waals surface area contributed by atoms with Crippen molar-refractivity contribution in [1.82, 2.24) is 10.2 Å². The summed E-state index contributed by atoms with van der Waals surface area (Å²) in [4.78, 5) is 1.76. The molecule has 0 aromatic carbocycles. The first-order valence-corrected chi connectivity index (χ1v) is 5.74. The molecule has 0 saturated carbocycles. The summed E-state index contributed by atoms with van der Waals surface area (Å²) in [5.74, 6) is -2.00. The molecule has 15 heavy (non-hydrogen) atoms. The van der Waals surface area contributed by atoms with E-state index in [9.17, 15) is 8.78 Å². The van der Waals surface area contributed by atoms with Gasteiger partial charge in [0.1, 0.15) is 0 Å². The molecule has 0 radical (unpaired) electrons. The Hall–Kier alpha value is -0.220. The lowest BCUT2D eigenvalue weighted by Gasteiger charge is -2.25. The van der Waals surface area contributed by atoms with E-state index in [2.05, 4.69) is 5.32 Å². The van der Waals surface area contributed by atoms with E-state index in [0.29, 0.717) is 5.92 Å². The van der Waals surface area contributed by atoms with Gasteiger partial charge in [0.2, 0.25) is 0 Å². The van der Waals surface area contributed by atoms with Gasteiger partial charge in [0.05, 0.1) is 6.54 Å². The third kappa shape index (κ3) is 6.05. The molecule has 0 spiro atoms. The third-order valence-corrected chi connectivity index (χ3v) is 2.81. The zero-order valence-corrected chi connectivity index (χ0v) is 9.73. The van der Waals surface area contributed by atoms with Gasteiger partial charge in [0.25, 0.3) is 5.92 Å².